The summed E-state index contributed by atoms with van der Waals surface area (Å²) in [7, 11) is 0. The zero-order valence-electron chi connectivity index (χ0n) is 10.5. The van der Waals surface area contributed by atoms with Crippen LogP contribution in [0.5, 0.6) is 0 Å². The maximum absolute atomic E-state index is 5.49. The summed E-state index contributed by atoms with van der Waals surface area (Å²) in [5.41, 5.74) is 9.12. The number of unbranched alkanes of at least 4 members (excludes halogenated alkanes) is 2. The average molecular weight is 231 g/mol. The second-order valence-corrected chi connectivity index (χ2v) is 4.49. The third-order valence-corrected chi connectivity index (χ3v) is 3.10. The third-order valence-electron chi connectivity index (χ3n) is 3.10. The Kier molecular flexibility index (Phi) is 4.15. The lowest BCUT2D eigenvalue weighted by Crippen LogP contribution is -1.98. The minimum atomic E-state index is 0.805. The van der Waals surface area contributed by atoms with E-state index in [4.69, 9.17) is 5.73 Å². The van der Waals surface area contributed by atoms with Crippen LogP contribution in [0.4, 0.5) is 0 Å². The second kappa shape index (κ2) is 5.82. The first-order chi connectivity index (χ1) is 8.33. The van der Waals surface area contributed by atoms with Crippen molar-refractivity contribution in [1.82, 2.24) is 9.97 Å². The van der Waals surface area contributed by atoms with Crippen molar-refractivity contribution in [3.63, 3.8) is 0 Å². The fourth-order valence-electron chi connectivity index (χ4n) is 2.08. The first-order valence-corrected chi connectivity index (χ1v) is 6.51. The lowest BCUT2D eigenvalue weighted by Gasteiger charge is -2.00. The van der Waals surface area contributed by atoms with E-state index in [9.17, 15) is 0 Å². The quantitative estimate of drug-likeness (QED) is 0.751. The molecular weight excluding hydrogens is 210 g/mol. The second-order valence-electron chi connectivity index (χ2n) is 4.49. The fourth-order valence-corrected chi connectivity index (χ4v) is 2.08. The minimum Gasteiger partial charge on any atom is -0.342 e. The standard InChI is InChI=1S/C14H21N3/c1-2-14-16-12-8-7-11(10-13(12)17-14)6-4-3-5-9-15/h7-8,10H,2-6,9,15H2,1H3,(H,16,17). The van der Waals surface area contributed by atoms with Crippen molar-refractivity contribution < 1.29 is 0 Å². The number of hydrogen-bond donors (Lipinski definition) is 2. The van der Waals surface area contributed by atoms with E-state index in [0.29, 0.717) is 0 Å². The number of nitrogens with one attached hydrogen (secondary N) is 1. The Morgan fingerprint density at radius 2 is 2.12 bits per heavy atom. The van der Waals surface area contributed by atoms with Gasteiger partial charge in [-0.3, -0.25) is 0 Å². The van der Waals surface area contributed by atoms with Crippen LogP contribution in [-0.2, 0) is 12.8 Å². The van der Waals surface area contributed by atoms with Crippen molar-refractivity contribution in [2.75, 3.05) is 6.54 Å². The van der Waals surface area contributed by atoms with E-state index in [1.165, 1.54) is 18.4 Å². The van der Waals surface area contributed by atoms with E-state index in [-0.39, 0.29) is 0 Å². The summed E-state index contributed by atoms with van der Waals surface area (Å²) in [4.78, 5) is 7.87. The van der Waals surface area contributed by atoms with Gasteiger partial charge in [0, 0.05) is 6.42 Å². The molecule has 0 aliphatic rings. The molecule has 17 heavy (non-hydrogen) atoms. The number of H-pyrrole nitrogens is 1. The Morgan fingerprint density at radius 3 is 2.88 bits per heavy atom. The molecular formula is C14H21N3. The number of hydrogen-bond acceptors (Lipinski definition) is 2. The summed E-state index contributed by atoms with van der Waals surface area (Å²) in [6.45, 7) is 2.92. The molecule has 3 nitrogen and oxygen atoms in total. The summed E-state index contributed by atoms with van der Waals surface area (Å²) in [5, 5.41) is 0. The maximum Gasteiger partial charge on any atom is 0.106 e. The summed E-state index contributed by atoms with van der Waals surface area (Å²) < 4.78 is 0. The van der Waals surface area contributed by atoms with Crippen molar-refractivity contribution in [3.8, 4) is 0 Å². The van der Waals surface area contributed by atoms with Gasteiger partial charge < -0.3 is 10.7 Å². The van der Waals surface area contributed by atoms with Gasteiger partial charge in [-0.25, -0.2) is 4.98 Å². The SMILES string of the molecule is CCc1nc2ccc(CCCCCN)cc2[nH]1. The van der Waals surface area contributed by atoms with Crippen molar-refractivity contribution in [2.45, 2.75) is 39.0 Å². The molecule has 2 rings (SSSR count). The summed E-state index contributed by atoms with van der Waals surface area (Å²) in [6, 6.07) is 6.53. The molecule has 3 N–H and O–H groups in total. The van der Waals surface area contributed by atoms with Crippen LogP contribution in [0.3, 0.4) is 0 Å². The molecule has 92 valence electrons. The van der Waals surface area contributed by atoms with Gasteiger partial charge in [-0.15, -0.1) is 0 Å². The topological polar surface area (TPSA) is 54.7 Å². The zero-order chi connectivity index (χ0) is 12.1. The predicted octanol–water partition coefficient (Wildman–Crippen LogP) is 2.80. The molecule has 3 heteroatoms. The van der Waals surface area contributed by atoms with Crippen LogP contribution in [0.2, 0.25) is 0 Å². The van der Waals surface area contributed by atoms with E-state index in [1.807, 2.05) is 0 Å². The Labute approximate surface area is 102 Å². The lowest BCUT2D eigenvalue weighted by atomic mass is 10.1. The lowest BCUT2D eigenvalue weighted by molar-refractivity contribution is 0.687. The molecule has 0 atom stereocenters. The number of nitrogens with two attached hydrogens (primary N) is 1. The number of imidazole rings is 1. The number of rotatable bonds is 6. The highest BCUT2D eigenvalue weighted by Gasteiger charge is 2.02. The van der Waals surface area contributed by atoms with Crippen LogP contribution in [0, 0.1) is 0 Å². The van der Waals surface area contributed by atoms with Crippen LogP contribution in [-0.4, -0.2) is 16.5 Å². The van der Waals surface area contributed by atoms with Crippen molar-refractivity contribution in [1.29, 1.82) is 0 Å². The molecule has 1 aromatic heterocycles. The highest BCUT2D eigenvalue weighted by atomic mass is 14.9. The van der Waals surface area contributed by atoms with Crippen LogP contribution < -0.4 is 5.73 Å². The third kappa shape index (κ3) is 3.07. The highest BCUT2D eigenvalue weighted by molar-refractivity contribution is 5.75. The van der Waals surface area contributed by atoms with Crippen LogP contribution in [0.25, 0.3) is 11.0 Å². The summed E-state index contributed by atoms with van der Waals surface area (Å²) in [5.74, 6) is 1.07. The van der Waals surface area contributed by atoms with Gasteiger partial charge >= 0.3 is 0 Å². The molecule has 0 saturated heterocycles. The van der Waals surface area contributed by atoms with Gasteiger partial charge in [-0.2, -0.15) is 0 Å². The van der Waals surface area contributed by atoms with Gasteiger partial charge in [0.1, 0.15) is 5.82 Å². The Morgan fingerprint density at radius 1 is 1.24 bits per heavy atom. The highest BCUT2D eigenvalue weighted by Crippen LogP contribution is 2.16. The predicted molar refractivity (Wildman–Crippen MR) is 72.1 cm³/mol. The first-order valence-electron chi connectivity index (χ1n) is 6.51. The van der Waals surface area contributed by atoms with E-state index >= 15 is 0 Å². The van der Waals surface area contributed by atoms with Crippen molar-refractivity contribution in [2.24, 2.45) is 5.73 Å². The molecule has 0 unspecified atom stereocenters. The zero-order valence-corrected chi connectivity index (χ0v) is 10.5. The number of aromatic nitrogens is 2. The molecule has 0 spiro atoms. The molecule has 0 saturated carbocycles. The molecule has 0 radical (unpaired) electrons. The molecule has 1 heterocycles. The van der Waals surface area contributed by atoms with Gasteiger partial charge in [-0.05, 0) is 43.5 Å². The molecule has 0 bridgehead atoms. The molecule has 0 aliphatic carbocycles. The molecule has 0 aliphatic heterocycles. The van der Waals surface area contributed by atoms with Gasteiger partial charge in [-0.1, -0.05) is 19.4 Å². The van der Waals surface area contributed by atoms with E-state index in [2.05, 4.69) is 35.1 Å². The van der Waals surface area contributed by atoms with Gasteiger partial charge in [0.15, 0.2) is 0 Å². The van der Waals surface area contributed by atoms with Crippen molar-refractivity contribution in [3.05, 3.63) is 29.6 Å². The smallest absolute Gasteiger partial charge is 0.106 e. The maximum atomic E-state index is 5.49. The number of aryl methyl sites for hydroxylation is 2. The number of benzene rings is 1. The number of nitrogens with zero attached hydrogens (tertiary/aromatic N) is 1. The number of aromatic amines is 1. The van der Waals surface area contributed by atoms with E-state index < -0.39 is 0 Å². The molecule has 0 fully saturated rings. The minimum absolute atomic E-state index is 0.805. The van der Waals surface area contributed by atoms with Gasteiger partial charge in [0.2, 0.25) is 0 Å². The van der Waals surface area contributed by atoms with Crippen LogP contribution in [0.15, 0.2) is 18.2 Å². The monoisotopic (exact) mass is 231 g/mol. The Hall–Kier alpha value is -1.35. The molecule has 0 amide bonds. The van der Waals surface area contributed by atoms with Crippen LogP contribution in [0.1, 0.15) is 37.6 Å². The van der Waals surface area contributed by atoms with E-state index in [0.717, 1.165) is 42.7 Å². The van der Waals surface area contributed by atoms with Crippen LogP contribution >= 0.6 is 0 Å². The van der Waals surface area contributed by atoms with Gasteiger partial charge in [0.25, 0.3) is 0 Å². The Bertz CT molecular complexity index is 473. The largest absolute Gasteiger partial charge is 0.342 e. The van der Waals surface area contributed by atoms with Gasteiger partial charge in [0.05, 0.1) is 11.0 Å². The first kappa shape index (κ1) is 12.1. The molecule has 2 aromatic rings. The Balaban J connectivity index is 2.03. The summed E-state index contributed by atoms with van der Waals surface area (Å²) >= 11 is 0. The number of fused-ring (bicyclic) bond motifs is 1. The van der Waals surface area contributed by atoms with E-state index in [1.54, 1.807) is 0 Å². The van der Waals surface area contributed by atoms with Crippen molar-refractivity contribution >= 4 is 11.0 Å². The average Bonchev–Trinajstić information content (AvgIpc) is 2.77. The molecule has 1 aromatic carbocycles. The summed E-state index contributed by atoms with van der Waals surface area (Å²) in [6.07, 6.45) is 5.67. The fraction of sp³-hybridized carbons (Fsp3) is 0.500. The normalized spacial score (nSPS) is 11.2.